The molecular weight excluding hydrogens is 164 g/mol. The van der Waals surface area contributed by atoms with Crippen LogP contribution in [0.2, 0.25) is 0 Å². The maximum Gasteiger partial charge on any atom is 0.322 e. The van der Waals surface area contributed by atoms with Gasteiger partial charge in [0.25, 0.3) is 5.91 Å². The van der Waals surface area contributed by atoms with Gasteiger partial charge in [0.15, 0.2) is 5.69 Å². The third-order valence-corrected chi connectivity index (χ3v) is 1.05. The second-order valence-electron chi connectivity index (χ2n) is 1.93. The van der Waals surface area contributed by atoms with E-state index < -0.39 is 18.4 Å². The van der Waals surface area contributed by atoms with Crippen LogP contribution in [0.5, 0.6) is 0 Å². The first-order valence-corrected chi connectivity index (χ1v) is 3.06. The topological polar surface area (TPSA) is 108 Å². The number of nitrogens with one attached hydrogen (secondary N) is 2. The molecule has 3 N–H and O–H groups in total. The van der Waals surface area contributed by atoms with E-state index in [4.69, 9.17) is 5.11 Å². The van der Waals surface area contributed by atoms with Crippen LogP contribution in [0.3, 0.4) is 0 Å². The summed E-state index contributed by atoms with van der Waals surface area (Å²) in [5.74, 6) is -1.67. The highest BCUT2D eigenvalue weighted by Gasteiger charge is 2.08. The van der Waals surface area contributed by atoms with Crippen molar-refractivity contribution in [1.29, 1.82) is 0 Å². The molecule has 7 nitrogen and oxygen atoms in total. The molecule has 0 saturated heterocycles. The van der Waals surface area contributed by atoms with Crippen molar-refractivity contribution in [3.63, 3.8) is 0 Å². The number of carbonyl (C=O) groups is 2. The van der Waals surface area contributed by atoms with Gasteiger partial charge >= 0.3 is 5.97 Å². The van der Waals surface area contributed by atoms with Crippen molar-refractivity contribution in [3.8, 4) is 0 Å². The Labute approximate surface area is 66.8 Å². The number of H-pyrrole nitrogens is 1. The smallest absolute Gasteiger partial charge is 0.322 e. The standard InChI is InChI=1S/C5H6N4O3/c10-4(11)2-6-5(12)3-1-7-9-8-3/h1H,2H2,(H,6,12)(H,10,11)(H,7,8,9). The second kappa shape index (κ2) is 3.46. The van der Waals surface area contributed by atoms with Crippen LogP contribution in [-0.2, 0) is 4.79 Å². The van der Waals surface area contributed by atoms with Crippen LogP contribution in [0, 0.1) is 0 Å². The summed E-state index contributed by atoms with van der Waals surface area (Å²) < 4.78 is 0. The Bertz CT molecular complexity index is 281. The van der Waals surface area contributed by atoms with Gasteiger partial charge in [-0.25, -0.2) is 0 Å². The van der Waals surface area contributed by atoms with E-state index in [1.807, 2.05) is 0 Å². The summed E-state index contributed by atoms with van der Waals surface area (Å²) in [5, 5.41) is 19.4. The van der Waals surface area contributed by atoms with Gasteiger partial charge < -0.3 is 10.4 Å². The number of aromatic nitrogens is 3. The molecule has 0 atom stereocenters. The number of aliphatic carboxylic acids is 1. The monoisotopic (exact) mass is 170 g/mol. The van der Waals surface area contributed by atoms with Crippen LogP contribution in [0.15, 0.2) is 6.20 Å². The molecule has 64 valence electrons. The summed E-state index contributed by atoms with van der Waals surface area (Å²) in [6.07, 6.45) is 1.21. The van der Waals surface area contributed by atoms with Gasteiger partial charge in [-0.3, -0.25) is 9.59 Å². The first-order chi connectivity index (χ1) is 5.70. The maximum absolute atomic E-state index is 10.9. The molecule has 1 aromatic heterocycles. The van der Waals surface area contributed by atoms with Crippen molar-refractivity contribution in [2.24, 2.45) is 0 Å². The molecule has 0 aliphatic rings. The van der Waals surface area contributed by atoms with E-state index in [0.29, 0.717) is 0 Å². The van der Waals surface area contributed by atoms with Crippen molar-refractivity contribution in [1.82, 2.24) is 20.7 Å². The lowest BCUT2D eigenvalue weighted by Crippen LogP contribution is -2.29. The molecule has 0 radical (unpaired) electrons. The van der Waals surface area contributed by atoms with Gasteiger partial charge in [0.05, 0.1) is 6.20 Å². The Balaban J connectivity index is 2.45. The van der Waals surface area contributed by atoms with Gasteiger partial charge in [-0.15, -0.1) is 0 Å². The average molecular weight is 170 g/mol. The molecule has 0 saturated carbocycles. The predicted octanol–water partition coefficient (Wildman–Crippen LogP) is -1.38. The average Bonchev–Trinajstić information content (AvgIpc) is 2.51. The minimum Gasteiger partial charge on any atom is -0.480 e. The maximum atomic E-state index is 10.9. The van der Waals surface area contributed by atoms with Gasteiger partial charge in [0, 0.05) is 0 Å². The number of rotatable bonds is 3. The molecule has 1 amide bonds. The second-order valence-corrected chi connectivity index (χ2v) is 1.93. The summed E-state index contributed by atoms with van der Waals surface area (Å²) in [6, 6.07) is 0. The highest BCUT2D eigenvalue weighted by molar-refractivity contribution is 5.93. The number of carboxylic acids is 1. The Hall–Kier alpha value is -1.92. The molecule has 0 aliphatic carbocycles. The largest absolute Gasteiger partial charge is 0.480 e. The molecule has 1 heterocycles. The van der Waals surface area contributed by atoms with Crippen molar-refractivity contribution in [3.05, 3.63) is 11.9 Å². The lowest BCUT2D eigenvalue weighted by atomic mass is 10.4. The quantitative estimate of drug-likeness (QED) is 0.518. The van der Waals surface area contributed by atoms with E-state index in [1.54, 1.807) is 0 Å². The molecular formula is C5H6N4O3. The van der Waals surface area contributed by atoms with Crippen molar-refractivity contribution in [2.75, 3.05) is 6.54 Å². The number of carbonyl (C=O) groups excluding carboxylic acids is 1. The van der Waals surface area contributed by atoms with Crippen LogP contribution >= 0.6 is 0 Å². The van der Waals surface area contributed by atoms with E-state index in [2.05, 4.69) is 20.7 Å². The third kappa shape index (κ3) is 2.04. The van der Waals surface area contributed by atoms with Gasteiger partial charge in [0.1, 0.15) is 6.54 Å². The zero-order chi connectivity index (χ0) is 8.97. The van der Waals surface area contributed by atoms with Gasteiger partial charge in [-0.05, 0) is 0 Å². The highest BCUT2D eigenvalue weighted by Crippen LogP contribution is 1.86. The zero-order valence-corrected chi connectivity index (χ0v) is 5.94. The summed E-state index contributed by atoms with van der Waals surface area (Å²) in [4.78, 5) is 20.9. The lowest BCUT2D eigenvalue weighted by Gasteiger charge is -1.95. The van der Waals surface area contributed by atoms with Gasteiger partial charge in [-0.1, -0.05) is 0 Å². The summed E-state index contributed by atoms with van der Waals surface area (Å²) in [7, 11) is 0. The number of hydrogen-bond donors (Lipinski definition) is 3. The predicted molar refractivity (Wildman–Crippen MR) is 36.4 cm³/mol. The Morgan fingerprint density at radius 2 is 2.42 bits per heavy atom. The molecule has 0 fully saturated rings. The minimum atomic E-state index is -1.10. The van der Waals surface area contributed by atoms with Crippen molar-refractivity contribution < 1.29 is 14.7 Å². The highest BCUT2D eigenvalue weighted by atomic mass is 16.4. The van der Waals surface area contributed by atoms with Crippen LogP contribution in [-0.4, -0.2) is 38.9 Å². The Morgan fingerprint density at radius 1 is 1.67 bits per heavy atom. The third-order valence-electron chi connectivity index (χ3n) is 1.05. The molecule has 0 bridgehead atoms. The number of hydrogen-bond acceptors (Lipinski definition) is 4. The normalized spacial score (nSPS) is 9.33. The van der Waals surface area contributed by atoms with Crippen LogP contribution in [0.1, 0.15) is 10.5 Å². The Kier molecular flexibility index (Phi) is 2.36. The number of carboxylic acid groups (broad SMARTS) is 1. The van der Waals surface area contributed by atoms with E-state index in [1.165, 1.54) is 6.20 Å². The molecule has 0 spiro atoms. The lowest BCUT2D eigenvalue weighted by molar-refractivity contribution is -0.135. The van der Waals surface area contributed by atoms with E-state index >= 15 is 0 Å². The van der Waals surface area contributed by atoms with Crippen molar-refractivity contribution >= 4 is 11.9 Å². The molecule has 1 aromatic rings. The zero-order valence-electron chi connectivity index (χ0n) is 5.94. The summed E-state index contributed by atoms with van der Waals surface area (Å²) in [5.41, 5.74) is 0.0660. The van der Waals surface area contributed by atoms with Crippen LogP contribution < -0.4 is 5.32 Å². The summed E-state index contributed by atoms with van der Waals surface area (Å²) >= 11 is 0. The fourth-order valence-corrected chi connectivity index (χ4v) is 0.557. The fourth-order valence-electron chi connectivity index (χ4n) is 0.557. The molecule has 1 rings (SSSR count). The van der Waals surface area contributed by atoms with E-state index in [9.17, 15) is 9.59 Å². The molecule has 0 unspecified atom stereocenters. The number of amides is 1. The Morgan fingerprint density at radius 3 is 2.92 bits per heavy atom. The minimum absolute atomic E-state index is 0.0660. The molecule has 0 aromatic carbocycles. The van der Waals surface area contributed by atoms with Crippen molar-refractivity contribution in [2.45, 2.75) is 0 Å². The summed E-state index contributed by atoms with van der Waals surface area (Å²) in [6.45, 7) is -0.425. The van der Waals surface area contributed by atoms with Crippen LogP contribution in [0.4, 0.5) is 0 Å². The first kappa shape index (κ1) is 8.18. The molecule has 12 heavy (non-hydrogen) atoms. The molecule has 7 heteroatoms. The first-order valence-electron chi connectivity index (χ1n) is 3.06. The van der Waals surface area contributed by atoms with Gasteiger partial charge in [0.2, 0.25) is 0 Å². The van der Waals surface area contributed by atoms with E-state index in [-0.39, 0.29) is 5.69 Å². The number of nitrogens with zero attached hydrogens (tertiary/aromatic N) is 2. The number of aromatic amines is 1. The SMILES string of the molecule is O=C(O)CNC(=O)c1cn[nH]n1. The fraction of sp³-hybridized carbons (Fsp3) is 0.200. The molecule has 0 aliphatic heterocycles. The van der Waals surface area contributed by atoms with E-state index in [0.717, 1.165) is 0 Å². The van der Waals surface area contributed by atoms with Crippen LogP contribution in [0.25, 0.3) is 0 Å². The van der Waals surface area contributed by atoms with Gasteiger partial charge in [-0.2, -0.15) is 15.4 Å².